The summed E-state index contributed by atoms with van der Waals surface area (Å²) in [5.41, 5.74) is 0.735. The molecule has 0 saturated carbocycles. The number of hydrogen-bond acceptors (Lipinski definition) is 5. The third-order valence-electron chi connectivity index (χ3n) is 1.41. The third kappa shape index (κ3) is 2.02. The lowest BCUT2D eigenvalue weighted by Gasteiger charge is -1.99. The van der Waals surface area contributed by atoms with Crippen molar-refractivity contribution < 1.29 is 9.26 Å². The van der Waals surface area contributed by atoms with Crippen molar-refractivity contribution in [1.29, 1.82) is 0 Å². The molecule has 0 unspecified atom stereocenters. The standard InChI is InChI=1S/C8H7N3O2/c1-3-9-6-10-8(1)12-5-7-2-4-13-11-7/h1-4,6H,5H2. The van der Waals surface area contributed by atoms with E-state index in [2.05, 4.69) is 19.6 Å². The molecule has 0 amide bonds. The predicted octanol–water partition coefficient (Wildman–Crippen LogP) is 1.04. The van der Waals surface area contributed by atoms with Gasteiger partial charge in [0.2, 0.25) is 5.88 Å². The van der Waals surface area contributed by atoms with E-state index in [0.717, 1.165) is 5.69 Å². The molecule has 0 aromatic carbocycles. The third-order valence-corrected chi connectivity index (χ3v) is 1.41. The van der Waals surface area contributed by atoms with Crippen LogP contribution in [0, 0.1) is 0 Å². The SMILES string of the molecule is c1cc(OCc2ccon2)ncn1. The van der Waals surface area contributed by atoms with Crippen LogP contribution in [-0.4, -0.2) is 15.1 Å². The number of aromatic nitrogens is 3. The van der Waals surface area contributed by atoms with E-state index in [1.807, 2.05) is 0 Å². The van der Waals surface area contributed by atoms with E-state index in [-0.39, 0.29) is 0 Å². The summed E-state index contributed by atoms with van der Waals surface area (Å²) in [7, 11) is 0. The quantitative estimate of drug-likeness (QED) is 0.701. The lowest BCUT2D eigenvalue weighted by molar-refractivity contribution is 0.278. The maximum absolute atomic E-state index is 5.28. The van der Waals surface area contributed by atoms with Gasteiger partial charge in [0.25, 0.3) is 0 Å². The van der Waals surface area contributed by atoms with E-state index in [4.69, 9.17) is 4.74 Å². The maximum atomic E-state index is 5.28. The lowest BCUT2D eigenvalue weighted by atomic mass is 10.5. The topological polar surface area (TPSA) is 61.0 Å². The van der Waals surface area contributed by atoms with Gasteiger partial charge >= 0.3 is 0 Å². The van der Waals surface area contributed by atoms with Gasteiger partial charge in [-0.05, 0) is 0 Å². The van der Waals surface area contributed by atoms with Crippen LogP contribution in [0.25, 0.3) is 0 Å². The first kappa shape index (κ1) is 7.72. The smallest absolute Gasteiger partial charge is 0.216 e. The molecular weight excluding hydrogens is 170 g/mol. The van der Waals surface area contributed by atoms with E-state index < -0.39 is 0 Å². The monoisotopic (exact) mass is 177 g/mol. The molecule has 5 nitrogen and oxygen atoms in total. The fourth-order valence-electron chi connectivity index (χ4n) is 0.824. The van der Waals surface area contributed by atoms with Crippen molar-refractivity contribution >= 4 is 0 Å². The molecule has 5 heteroatoms. The molecule has 0 radical (unpaired) electrons. The minimum absolute atomic E-state index is 0.355. The molecule has 2 rings (SSSR count). The largest absolute Gasteiger partial charge is 0.471 e. The Labute approximate surface area is 74.4 Å². The molecule has 2 aromatic heterocycles. The highest BCUT2D eigenvalue weighted by atomic mass is 16.5. The highest BCUT2D eigenvalue weighted by molar-refractivity contribution is 5.05. The Kier molecular flexibility index (Phi) is 2.18. The van der Waals surface area contributed by atoms with E-state index in [1.54, 1.807) is 18.3 Å². The number of nitrogens with zero attached hydrogens (tertiary/aromatic N) is 3. The van der Waals surface area contributed by atoms with Crippen LogP contribution in [-0.2, 0) is 6.61 Å². The van der Waals surface area contributed by atoms with E-state index in [1.165, 1.54) is 12.6 Å². The van der Waals surface area contributed by atoms with Gasteiger partial charge in [0.1, 0.15) is 24.9 Å². The summed E-state index contributed by atoms with van der Waals surface area (Å²) in [6.07, 6.45) is 4.54. The molecule has 0 bridgehead atoms. The molecule has 0 N–H and O–H groups in total. The van der Waals surface area contributed by atoms with Gasteiger partial charge in [-0.2, -0.15) is 0 Å². The second-order valence-corrected chi connectivity index (χ2v) is 2.33. The van der Waals surface area contributed by atoms with Crippen molar-refractivity contribution in [3.8, 4) is 5.88 Å². The van der Waals surface area contributed by atoms with Crippen LogP contribution < -0.4 is 4.74 Å². The first-order valence-electron chi connectivity index (χ1n) is 3.73. The van der Waals surface area contributed by atoms with Gasteiger partial charge in [-0.3, -0.25) is 0 Å². The highest BCUT2D eigenvalue weighted by Crippen LogP contribution is 2.05. The molecule has 0 aliphatic carbocycles. The van der Waals surface area contributed by atoms with Crippen LogP contribution in [0.4, 0.5) is 0 Å². The zero-order chi connectivity index (χ0) is 8.93. The molecule has 13 heavy (non-hydrogen) atoms. The fourth-order valence-corrected chi connectivity index (χ4v) is 0.824. The summed E-state index contributed by atoms with van der Waals surface area (Å²) in [6, 6.07) is 3.42. The zero-order valence-electron chi connectivity index (χ0n) is 6.75. The normalized spacial score (nSPS) is 9.85. The molecule has 0 atom stereocenters. The van der Waals surface area contributed by atoms with Gasteiger partial charge < -0.3 is 9.26 Å². The van der Waals surface area contributed by atoms with E-state index in [0.29, 0.717) is 12.5 Å². The molecule has 0 fully saturated rings. The first-order chi connectivity index (χ1) is 6.45. The Balaban J connectivity index is 1.94. The Morgan fingerprint density at radius 2 is 2.38 bits per heavy atom. The van der Waals surface area contributed by atoms with Gasteiger partial charge in [0.15, 0.2) is 0 Å². The molecule has 0 aliphatic rings. The Morgan fingerprint density at radius 3 is 3.08 bits per heavy atom. The van der Waals surface area contributed by atoms with Gasteiger partial charge in [-0.25, -0.2) is 9.97 Å². The van der Waals surface area contributed by atoms with Crippen molar-refractivity contribution in [3.63, 3.8) is 0 Å². The molecule has 2 aromatic rings. The van der Waals surface area contributed by atoms with Crippen LogP contribution in [0.3, 0.4) is 0 Å². The zero-order valence-corrected chi connectivity index (χ0v) is 6.75. The summed E-state index contributed by atoms with van der Waals surface area (Å²) in [5.74, 6) is 0.526. The van der Waals surface area contributed by atoms with Crippen LogP contribution >= 0.6 is 0 Å². The average molecular weight is 177 g/mol. The summed E-state index contributed by atoms with van der Waals surface area (Å²) < 4.78 is 9.92. The lowest BCUT2D eigenvalue weighted by Crippen LogP contribution is -1.96. The minimum Gasteiger partial charge on any atom is -0.471 e. The Hall–Kier alpha value is -1.91. The Bertz CT molecular complexity index is 347. The van der Waals surface area contributed by atoms with Gasteiger partial charge in [-0.15, -0.1) is 0 Å². The first-order valence-corrected chi connectivity index (χ1v) is 3.73. The summed E-state index contributed by atoms with van der Waals surface area (Å²) in [4.78, 5) is 7.65. The minimum atomic E-state index is 0.355. The van der Waals surface area contributed by atoms with Gasteiger partial charge in [-0.1, -0.05) is 5.16 Å². The maximum Gasteiger partial charge on any atom is 0.216 e. The van der Waals surface area contributed by atoms with Crippen molar-refractivity contribution in [3.05, 3.63) is 36.6 Å². The van der Waals surface area contributed by atoms with E-state index >= 15 is 0 Å². The Morgan fingerprint density at radius 1 is 1.38 bits per heavy atom. The van der Waals surface area contributed by atoms with Crippen molar-refractivity contribution in [2.24, 2.45) is 0 Å². The summed E-state index contributed by atoms with van der Waals surface area (Å²) >= 11 is 0. The van der Waals surface area contributed by atoms with Crippen molar-refractivity contribution in [2.75, 3.05) is 0 Å². The van der Waals surface area contributed by atoms with E-state index in [9.17, 15) is 0 Å². The summed E-state index contributed by atoms with van der Waals surface area (Å²) in [5, 5.41) is 3.69. The fraction of sp³-hybridized carbons (Fsp3) is 0.125. The second-order valence-electron chi connectivity index (χ2n) is 2.33. The van der Waals surface area contributed by atoms with Crippen molar-refractivity contribution in [1.82, 2.24) is 15.1 Å². The van der Waals surface area contributed by atoms with Crippen LogP contribution in [0.15, 0.2) is 35.4 Å². The molecule has 2 heterocycles. The molecule has 0 saturated heterocycles. The van der Waals surface area contributed by atoms with Crippen LogP contribution in [0.2, 0.25) is 0 Å². The highest BCUT2D eigenvalue weighted by Gasteiger charge is 1.97. The van der Waals surface area contributed by atoms with Crippen LogP contribution in [0.1, 0.15) is 5.69 Å². The predicted molar refractivity (Wildman–Crippen MR) is 42.9 cm³/mol. The van der Waals surface area contributed by atoms with Crippen molar-refractivity contribution in [2.45, 2.75) is 6.61 Å². The molecule has 0 aliphatic heterocycles. The average Bonchev–Trinajstić information content (AvgIpc) is 2.69. The van der Waals surface area contributed by atoms with Gasteiger partial charge in [0, 0.05) is 18.3 Å². The number of rotatable bonds is 3. The molecule has 66 valence electrons. The van der Waals surface area contributed by atoms with Gasteiger partial charge in [0.05, 0.1) is 0 Å². The number of ether oxygens (including phenoxy) is 1. The molecular formula is C8H7N3O2. The molecule has 0 spiro atoms. The summed E-state index contributed by atoms with van der Waals surface area (Å²) in [6.45, 7) is 0.355. The number of hydrogen-bond donors (Lipinski definition) is 0. The van der Waals surface area contributed by atoms with Crippen LogP contribution in [0.5, 0.6) is 5.88 Å². The second kappa shape index (κ2) is 3.66.